The molecule has 0 atom stereocenters. The fourth-order valence-electron chi connectivity index (χ4n) is 2.70. The van der Waals surface area contributed by atoms with Gasteiger partial charge in [-0.3, -0.25) is 4.79 Å². The number of aryl methyl sites for hydroxylation is 1. The van der Waals surface area contributed by atoms with Gasteiger partial charge in [0.1, 0.15) is 11.1 Å². The zero-order valence-electron chi connectivity index (χ0n) is 13.9. The number of fused-ring (bicyclic) bond motifs is 1. The third-order valence-electron chi connectivity index (χ3n) is 3.89. The second kappa shape index (κ2) is 7.25. The first-order valence-corrected chi connectivity index (χ1v) is 9.51. The lowest BCUT2D eigenvalue weighted by Gasteiger charge is -2.25. The standard InChI is InChI=1S/C17H17N3O3S2/c1-3-23-17(22)20-7-6-11-12(8-18)16(25-14(11)9-20)19-15(21)13-5-4-10(2)24-13/h4-5H,3,6-7,9H2,1-2H3,(H,19,21). The molecule has 0 saturated heterocycles. The highest BCUT2D eigenvalue weighted by Gasteiger charge is 2.28. The van der Waals surface area contributed by atoms with E-state index in [4.69, 9.17) is 4.74 Å². The Morgan fingerprint density at radius 3 is 2.84 bits per heavy atom. The molecule has 2 aromatic heterocycles. The number of amides is 2. The van der Waals surface area contributed by atoms with Gasteiger partial charge in [0.2, 0.25) is 0 Å². The van der Waals surface area contributed by atoms with E-state index in [0.717, 1.165) is 15.3 Å². The lowest BCUT2D eigenvalue weighted by atomic mass is 10.0. The Kier molecular flexibility index (Phi) is 5.06. The molecule has 0 radical (unpaired) electrons. The highest BCUT2D eigenvalue weighted by molar-refractivity contribution is 7.17. The lowest BCUT2D eigenvalue weighted by Crippen LogP contribution is -2.35. The van der Waals surface area contributed by atoms with Crippen molar-refractivity contribution < 1.29 is 14.3 Å². The molecule has 2 aromatic rings. The number of nitriles is 1. The first-order valence-electron chi connectivity index (χ1n) is 7.87. The van der Waals surface area contributed by atoms with E-state index in [0.29, 0.717) is 41.6 Å². The summed E-state index contributed by atoms with van der Waals surface area (Å²) >= 11 is 2.77. The maximum absolute atomic E-state index is 12.4. The normalized spacial score (nSPS) is 13.1. The van der Waals surface area contributed by atoms with Crippen molar-refractivity contribution in [2.45, 2.75) is 26.8 Å². The molecule has 0 bridgehead atoms. The van der Waals surface area contributed by atoms with Crippen molar-refractivity contribution in [2.24, 2.45) is 0 Å². The van der Waals surface area contributed by atoms with Crippen molar-refractivity contribution >= 4 is 39.7 Å². The van der Waals surface area contributed by atoms with E-state index in [1.54, 1.807) is 17.9 Å². The third-order valence-corrected chi connectivity index (χ3v) is 6.02. The second-order valence-electron chi connectivity index (χ2n) is 5.55. The van der Waals surface area contributed by atoms with Crippen LogP contribution in [-0.2, 0) is 17.7 Å². The maximum atomic E-state index is 12.4. The van der Waals surface area contributed by atoms with Gasteiger partial charge in [-0.05, 0) is 38.0 Å². The zero-order chi connectivity index (χ0) is 18.0. The molecule has 6 nitrogen and oxygen atoms in total. The zero-order valence-corrected chi connectivity index (χ0v) is 15.6. The lowest BCUT2D eigenvalue weighted by molar-refractivity contribution is 0.102. The molecule has 0 spiro atoms. The van der Waals surface area contributed by atoms with Crippen LogP contribution in [0.4, 0.5) is 9.80 Å². The minimum absolute atomic E-state index is 0.213. The topological polar surface area (TPSA) is 82.4 Å². The molecule has 130 valence electrons. The van der Waals surface area contributed by atoms with Gasteiger partial charge in [-0.1, -0.05) is 0 Å². The van der Waals surface area contributed by atoms with Crippen molar-refractivity contribution in [1.29, 1.82) is 5.26 Å². The minimum Gasteiger partial charge on any atom is -0.450 e. The van der Waals surface area contributed by atoms with Crippen molar-refractivity contribution in [1.82, 2.24) is 4.90 Å². The highest BCUT2D eigenvalue weighted by atomic mass is 32.1. The smallest absolute Gasteiger partial charge is 0.410 e. The molecule has 1 aliphatic rings. The Balaban J connectivity index is 1.82. The monoisotopic (exact) mass is 375 g/mol. The predicted molar refractivity (Wildman–Crippen MR) is 97.2 cm³/mol. The average molecular weight is 375 g/mol. The summed E-state index contributed by atoms with van der Waals surface area (Å²) in [6.07, 6.45) is 0.237. The molecular weight excluding hydrogens is 358 g/mol. The number of anilines is 1. The van der Waals surface area contributed by atoms with Crippen LogP contribution in [0, 0.1) is 18.3 Å². The number of thiophene rings is 2. The summed E-state index contributed by atoms with van der Waals surface area (Å²) in [5.74, 6) is -0.213. The van der Waals surface area contributed by atoms with E-state index >= 15 is 0 Å². The summed E-state index contributed by atoms with van der Waals surface area (Å²) < 4.78 is 5.04. The van der Waals surface area contributed by atoms with E-state index in [1.807, 2.05) is 13.0 Å². The van der Waals surface area contributed by atoms with Gasteiger partial charge in [0.25, 0.3) is 5.91 Å². The summed E-state index contributed by atoms with van der Waals surface area (Å²) in [6, 6.07) is 5.86. The second-order valence-corrected chi connectivity index (χ2v) is 7.95. The summed E-state index contributed by atoms with van der Waals surface area (Å²) in [6.45, 7) is 4.95. The number of carbonyl (C=O) groups excluding carboxylic acids is 2. The van der Waals surface area contributed by atoms with Crippen molar-refractivity contribution in [2.75, 3.05) is 18.5 Å². The van der Waals surface area contributed by atoms with Crippen LogP contribution in [0.5, 0.6) is 0 Å². The summed E-state index contributed by atoms with van der Waals surface area (Å²) in [4.78, 5) is 28.5. The number of rotatable bonds is 3. The molecule has 0 aliphatic carbocycles. The van der Waals surface area contributed by atoms with Crippen LogP contribution in [0.15, 0.2) is 12.1 Å². The molecule has 3 heterocycles. The molecular formula is C17H17N3O3S2. The first-order chi connectivity index (χ1) is 12.0. The van der Waals surface area contributed by atoms with Gasteiger partial charge in [-0.25, -0.2) is 4.79 Å². The molecule has 1 aliphatic heterocycles. The van der Waals surface area contributed by atoms with Crippen molar-refractivity contribution in [3.05, 3.63) is 37.9 Å². The van der Waals surface area contributed by atoms with E-state index in [9.17, 15) is 14.9 Å². The number of carbonyl (C=O) groups is 2. The molecule has 0 saturated carbocycles. The Hall–Kier alpha value is -2.37. The Morgan fingerprint density at radius 1 is 1.40 bits per heavy atom. The fourth-order valence-corrected chi connectivity index (χ4v) is 4.67. The Labute approximate surface area is 153 Å². The van der Waals surface area contributed by atoms with Crippen LogP contribution >= 0.6 is 22.7 Å². The molecule has 25 heavy (non-hydrogen) atoms. The van der Waals surface area contributed by atoms with Crippen LogP contribution in [0.1, 0.15) is 37.5 Å². The van der Waals surface area contributed by atoms with Gasteiger partial charge < -0.3 is 15.0 Å². The molecule has 3 rings (SSSR count). The molecule has 8 heteroatoms. The van der Waals surface area contributed by atoms with E-state index in [2.05, 4.69) is 11.4 Å². The van der Waals surface area contributed by atoms with E-state index in [-0.39, 0.29) is 12.0 Å². The highest BCUT2D eigenvalue weighted by Crippen LogP contribution is 2.37. The van der Waals surface area contributed by atoms with Crippen LogP contribution < -0.4 is 5.32 Å². The van der Waals surface area contributed by atoms with Crippen LogP contribution in [-0.4, -0.2) is 30.1 Å². The maximum Gasteiger partial charge on any atom is 0.410 e. The number of ether oxygens (including phenoxy) is 1. The Bertz CT molecular complexity index is 863. The predicted octanol–water partition coefficient (Wildman–Crippen LogP) is 3.76. The molecule has 0 aromatic carbocycles. The van der Waals surface area contributed by atoms with Crippen LogP contribution in [0.25, 0.3) is 0 Å². The first kappa shape index (κ1) is 17.5. The molecule has 0 fully saturated rings. The van der Waals surface area contributed by atoms with Gasteiger partial charge in [0.05, 0.1) is 23.6 Å². The average Bonchev–Trinajstić information content (AvgIpc) is 3.17. The Morgan fingerprint density at radius 2 is 2.20 bits per heavy atom. The van der Waals surface area contributed by atoms with Gasteiger partial charge in [0.15, 0.2) is 0 Å². The van der Waals surface area contributed by atoms with Gasteiger partial charge in [-0.2, -0.15) is 5.26 Å². The summed E-state index contributed by atoms with van der Waals surface area (Å²) in [7, 11) is 0. The van der Waals surface area contributed by atoms with E-state index < -0.39 is 0 Å². The minimum atomic E-state index is -0.347. The van der Waals surface area contributed by atoms with E-state index in [1.165, 1.54) is 22.7 Å². The number of nitrogens with zero attached hydrogens (tertiary/aromatic N) is 2. The van der Waals surface area contributed by atoms with Crippen molar-refractivity contribution in [3.63, 3.8) is 0 Å². The summed E-state index contributed by atoms with van der Waals surface area (Å²) in [5.41, 5.74) is 1.43. The fraction of sp³-hybridized carbons (Fsp3) is 0.353. The molecule has 2 amide bonds. The molecule has 1 N–H and O–H groups in total. The quantitative estimate of drug-likeness (QED) is 0.885. The van der Waals surface area contributed by atoms with Gasteiger partial charge in [-0.15, -0.1) is 22.7 Å². The number of hydrogen-bond donors (Lipinski definition) is 1. The van der Waals surface area contributed by atoms with Crippen molar-refractivity contribution in [3.8, 4) is 6.07 Å². The number of hydrogen-bond acceptors (Lipinski definition) is 6. The summed E-state index contributed by atoms with van der Waals surface area (Å²) in [5, 5.41) is 12.9. The SMILES string of the molecule is CCOC(=O)N1CCc2c(sc(NC(=O)c3ccc(C)s3)c2C#N)C1. The third kappa shape index (κ3) is 3.52. The largest absolute Gasteiger partial charge is 0.450 e. The van der Waals surface area contributed by atoms with Crippen LogP contribution in [0.3, 0.4) is 0 Å². The van der Waals surface area contributed by atoms with Gasteiger partial charge >= 0.3 is 6.09 Å². The molecule has 0 unspecified atom stereocenters. The van der Waals surface area contributed by atoms with Crippen LogP contribution in [0.2, 0.25) is 0 Å². The number of nitrogens with one attached hydrogen (secondary N) is 1. The van der Waals surface area contributed by atoms with Gasteiger partial charge in [0, 0.05) is 16.3 Å².